The van der Waals surface area contributed by atoms with E-state index < -0.39 is 0 Å². The van der Waals surface area contributed by atoms with E-state index in [4.69, 9.17) is 0 Å². The quantitative estimate of drug-likeness (QED) is 0.369. The van der Waals surface area contributed by atoms with Crippen LogP contribution in [0, 0.1) is 5.41 Å². The van der Waals surface area contributed by atoms with Crippen LogP contribution in [0.3, 0.4) is 0 Å². The lowest BCUT2D eigenvalue weighted by Crippen LogP contribution is -1.96. The molecule has 0 aromatic heterocycles. The Morgan fingerprint density at radius 2 is 1.25 bits per heavy atom. The van der Waals surface area contributed by atoms with Gasteiger partial charge in [0.05, 0.1) is 0 Å². The number of hydrogen-bond donors (Lipinski definition) is 0. The molecule has 8 heavy (non-hydrogen) atoms. The number of allylic oxidation sites excluding steroid dienone is 1. The summed E-state index contributed by atoms with van der Waals surface area (Å²) in [7, 11) is 0. The van der Waals surface area contributed by atoms with Crippen LogP contribution in [0.15, 0.2) is 12.7 Å². The predicted octanol–water partition coefficient (Wildman–Crippen LogP) is 2.33. The topological polar surface area (TPSA) is 0 Å². The molecule has 0 radical (unpaired) electrons. The average Bonchev–Trinajstić information content (AvgIpc) is 1.35. The van der Waals surface area contributed by atoms with E-state index in [0.29, 0.717) is 5.41 Å². The van der Waals surface area contributed by atoms with E-state index in [1.807, 2.05) is 6.08 Å². The van der Waals surface area contributed by atoms with Gasteiger partial charge in [0.1, 0.15) is 0 Å². The monoisotopic (exact) mass is 152 g/mol. The van der Waals surface area contributed by atoms with Crippen molar-refractivity contribution >= 4 is 19.8 Å². The van der Waals surface area contributed by atoms with Gasteiger partial charge in [0, 0.05) is 0 Å². The molecular formula is C6H18P2. The summed E-state index contributed by atoms with van der Waals surface area (Å²) in [6.45, 7) is 10.0. The maximum absolute atomic E-state index is 3.63. The molecule has 0 heterocycles. The predicted molar refractivity (Wildman–Crippen MR) is 51.9 cm³/mol. The van der Waals surface area contributed by atoms with Crippen LogP contribution in [-0.2, 0) is 0 Å². The second kappa shape index (κ2) is 5.73. The lowest BCUT2D eigenvalue weighted by molar-refractivity contribution is 0.546. The Labute approximate surface area is 59.4 Å². The Balaban J connectivity index is -0.000000125. The average molecular weight is 152 g/mol. The molecule has 0 aliphatic heterocycles. The minimum Gasteiger partial charge on any atom is -0.153 e. The van der Waals surface area contributed by atoms with Gasteiger partial charge in [-0.3, -0.25) is 0 Å². The molecule has 0 aliphatic rings. The van der Waals surface area contributed by atoms with Gasteiger partial charge in [0.2, 0.25) is 0 Å². The molecule has 0 aliphatic carbocycles. The summed E-state index contributed by atoms with van der Waals surface area (Å²) in [5.41, 5.74) is 0.306. The minimum absolute atomic E-state index is 0. The molecule has 0 aromatic carbocycles. The zero-order valence-electron chi connectivity index (χ0n) is 6.20. The van der Waals surface area contributed by atoms with Gasteiger partial charge in [0.15, 0.2) is 0 Å². The van der Waals surface area contributed by atoms with Gasteiger partial charge < -0.3 is 0 Å². The van der Waals surface area contributed by atoms with E-state index in [1.165, 1.54) is 0 Å². The molecule has 0 rings (SSSR count). The first kappa shape index (κ1) is 15.8. The summed E-state index contributed by atoms with van der Waals surface area (Å²) < 4.78 is 0. The lowest BCUT2D eigenvalue weighted by Gasteiger charge is -2.08. The third-order valence-corrected chi connectivity index (χ3v) is 0.612. The van der Waals surface area contributed by atoms with Crippen molar-refractivity contribution in [2.24, 2.45) is 5.41 Å². The summed E-state index contributed by atoms with van der Waals surface area (Å²) in [6, 6.07) is 0. The van der Waals surface area contributed by atoms with Crippen LogP contribution >= 0.6 is 19.8 Å². The molecule has 0 aromatic rings. The zero-order valence-corrected chi connectivity index (χ0v) is 9.03. The summed E-state index contributed by atoms with van der Waals surface area (Å²) in [5.74, 6) is 0. The molecule has 0 saturated heterocycles. The standard InChI is InChI=1S/C6H12.2H3P/c1-5-6(2,3)4;;/h5H,1H2,2-4H3;2*1H3. The molecule has 0 fully saturated rings. The van der Waals surface area contributed by atoms with E-state index in [1.54, 1.807) is 0 Å². The maximum Gasteiger partial charge on any atom is -0.0206 e. The Morgan fingerprint density at radius 3 is 1.25 bits per heavy atom. The first-order valence-corrected chi connectivity index (χ1v) is 2.20. The highest BCUT2D eigenvalue weighted by atomic mass is 31.0. The molecule has 0 saturated carbocycles. The highest BCUT2D eigenvalue weighted by molar-refractivity contribution is 6.92. The van der Waals surface area contributed by atoms with Crippen molar-refractivity contribution in [3.05, 3.63) is 12.7 Å². The Kier molecular flexibility index (Phi) is 11.3. The molecule has 2 unspecified atom stereocenters. The molecule has 0 bridgehead atoms. The van der Waals surface area contributed by atoms with Crippen LogP contribution in [0.1, 0.15) is 20.8 Å². The first-order valence-electron chi connectivity index (χ1n) is 2.20. The van der Waals surface area contributed by atoms with E-state index in [9.17, 15) is 0 Å². The van der Waals surface area contributed by atoms with Gasteiger partial charge in [-0.25, -0.2) is 0 Å². The normalized spacial score (nSPS) is 8.38. The fourth-order valence-electron chi connectivity index (χ4n) is 0. The number of hydrogen-bond acceptors (Lipinski definition) is 0. The van der Waals surface area contributed by atoms with Crippen molar-refractivity contribution in [2.45, 2.75) is 20.8 Å². The molecule has 52 valence electrons. The minimum atomic E-state index is 0. The summed E-state index contributed by atoms with van der Waals surface area (Å²) in [4.78, 5) is 0. The Hall–Kier alpha value is 0.600. The highest BCUT2D eigenvalue weighted by Crippen LogP contribution is 2.11. The van der Waals surface area contributed by atoms with Crippen LogP contribution in [0.25, 0.3) is 0 Å². The second-order valence-corrected chi connectivity index (χ2v) is 2.57. The van der Waals surface area contributed by atoms with Crippen LogP contribution in [0.4, 0.5) is 0 Å². The largest absolute Gasteiger partial charge is 0.153 e. The molecule has 2 atom stereocenters. The van der Waals surface area contributed by atoms with E-state index in [0.717, 1.165) is 0 Å². The van der Waals surface area contributed by atoms with E-state index in [2.05, 4.69) is 27.4 Å². The molecule has 0 nitrogen and oxygen atoms in total. The van der Waals surface area contributed by atoms with Gasteiger partial charge in [-0.1, -0.05) is 26.8 Å². The lowest BCUT2D eigenvalue weighted by atomic mass is 9.98. The van der Waals surface area contributed by atoms with Crippen molar-refractivity contribution in [2.75, 3.05) is 0 Å². The van der Waals surface area contributed by atoms with Gasteiger partial charge in [0.25, 0.3) is 0 Å². The van der Waals surface area contributed by atoms with Gasteiger partial charge in [-0.2, -0.15) is 19.8 Å². The van der Waals surface area contributed by atoms with Crippen molar-refractivity contribution in [3.8, 4) is 0 Å². The van der Waals surface area contributed by atoms with Gasteiger partial charge in [-0.15, -0.1) is 6.58 Å². The van der Waals surface area contributed by atoms with Crippen molar-refractivity contribution < 1.29 is 0 Å². The van der Waals surface area contributed by atoms with Crippen LogP contribution in [0.5, 0.6) is 0 Å². The molecule has 2 heteroatoms. The maximum atomic E-state index is 3.63. The fourth-order valence-corrected chi connectivity index (χ4v) is 0. The van der Waals surface area contributed by atoms with Crippen molar-refractivity contribution in [1.29, 1.82) is 0 Å². The first-order chi connectivity index (χ1) is 2.56. The molecular weight excluding hydrogens is 134 g/mol. The summed E-state index contributed by atoms with van der Waals surface area (Å²) in [5, 5.41) is 0. The molecule has 0 amide bonds. The smallest absolute Gasteiger partial charge is 0.0206 e. The Bertz CT molecular complexity index is 52.0. The van der Waals surface area contributed by atoms with E-state index >= 15 is 0 Å². The fraction of sp³-hybridized carbons (Fsp3) is 0.667. The molecule has 0 spiro atoms. The third-order valence-electron chi connectivity index (χ3n) is 0.612. The van der Waals surface area contributed by atoms with Crippen molar-refractivity contribution in [3.63, 3.8) is 0 Å². The van der Waals surface area contributed by atoms with Gasteiger partial charge >= 0.3 is 0 Å². The number of rotatable bonds is 0. The SMILES string of the molecule is C=CC(C)(C)C.P.P. The molecule has 0 N–H and O–H groups in total. The highest BCUT2D eigenvalue weighted by Gasteiger charge is 1.99. The Morgan fingerprint density at radius 1 is 1.12 bits per heavy atom. The van der Waals surface area contributed by atoms with Crippen LogP contribution < -0.4 is 0 Å². The van der Waals surface area contributed by atoms with Crippen molar-refractivity contribution in [1.82, 2.24) is 0 Å². The third kappa shape index (κ3) is 16.0. The van der Waals surface area contributed by atoms with E-state index in [-0.39, 0.29) is 19.8 Å². The van der Waals surface area contributed by atoms with Crippen LogP contribution in [0.2, 0.25) is 0 Å². The zero-order chi connectivity index (χ0) is 5.21. The summed E-state index contributed by atoms with van der Waals surface area (Å²) >= 11 is 0. The van der Waals surface area contributed by atoms with Crippen LogP contribution in [-0.4, -0.2) is 0 Å². The summed E-state index contributed by atoms with van der Waals surface area (Å²) in [6.07, 6.45) is 1.94. The van der Waals surface area contributed by atoms with Gasteiger partial charge in [-0.05, 0) is 5.41 Å². The second-order valence-electron chi connectivity index (χ2n) is 2.57.